The Bertz CT molecular complexity index is 445. The molecule has 0 saturated carbocycles. The zero-order valence-electron chi connectivity index (χ0n) is 12.1. The number of nitrogens with zero attached hydrogens (tertiary/aromatic N) is 1. The normalized spacial score (nSPS) is 20.7. The lowest BCUT2D eigenvalue weighted by Gasteiger charge is -2.24. The van der Waals surface area contributed by atoms with Gasteiger partial charge in [0.05, 0.1) is 5.56 Å². The van der Waals surface area contributed by atoms with Gasteiger partial charge in [-0.15, -0.1) is 0 Å². The molecule has 0 amide bonds. The van der Waals surface area contributed by atoms with E-state index >= 15 is 0 Å². The third-order valence-corrected chi connectivity index (χ3v) is 3.77. The summed E-state index contributed by atoms with van der Waals surface area (Å²) in [5.41, 5.74) is -0.352. The van der Waals surface area contributed by atoms with Crippen LogP contribution in [0.2, 0.25) is 0 Å². The lowest BCUT2D eigenvalue weighted by molar-refractivity contribution is -0.138. The standard InChI is InChI=1S/C15H21F3N2O/c1-2-5-20-14(8-11-4-7-21-10-11)12-9-19-6-3-13(12)15(16,17)18/h3,6,9,11,14,20H,2,4-5,7-8,10H2,1H3. The van der Waals surface area contributed by atoms with Gasteiger partial charge in [0.25, 0.3) is 0 Å². The average molecular weight is 302 g/mol. The van der Waals surface area contributed by atoms with Crippen LogP contribution in [-0.4, -0.2) is 24.7 Å². The molecule has 1 aliphatic heterocycles. The topological polar surface area (TPSA) is 34.1 Å². The minimum atomic E-state index is -4.35. The first-order chi connectivity index (χ1) is 10.0. The van der Waals surface area contributed by atoms with Crippen molar-refractivity contribution >= 4 is 0 Å². The van der Waals surface area contributed by atoms with E-state index in [-0.39, 0.29) is 11.6 Å². The molecule has 2 atom stereocenters. The molecule has 0 radical (unpaired) electrons. The van der Waals surface area contributed by atoms with Gasteiger partial charge in [-0.25, -0.2) is 0 Å². The van der Waals surface area contributed by atoms with Crippen LogP contribution in [0, 0.1) is 5.92 Å². The number of rotatable bonds is 6. The number of aromatic nitrogens is 1. The summed E-state index contributed by atoms with van der Waals surface area (Å²) in [5, 5.41) is 3.23. The number of hydrogen-bond donors (Lipinski definition) is 1. The molecule has 0 aromatic carbocycles. The van der Waals surface area contributed by atoms with Crippen molar-refractivity contribution in [2.75, 3.05) is 19.8 Å². The quantitative estimate of drug-likeness (QED) is 0.872. The summed E-state index contributed by atoms with van der Waals surface area (Å²) in [7, 11) is 0. The smallest absolute Gasteiger partial charge is 0.381 e. The van der Waals surface area contributed by atoms with E-state index in [1.807, 2.05) is 6.92 Å². The fourth-order valence-corrected chi connectivity index (χ4v) is 2.68. The maximum absolute atomic E-state index is 13.2. The van der Waals surface area contributed by atoms with Crippen molar-refractivity contribution in [3.8, 4) is 0 Å². The van der Waals surface area contributed by atoms with E-state index in [4.69, 9.17) is 4.74 Å². The second kappa shape index (κ2) is 7.22. The van der Waals surface area contributed by atoms with Gasteiger partial charge in [0.15, 0.2) is 0 Å². The van der Waals surface area contributed by atoms with Crippen molar-refractivity contribution in [2.45, 2.75) is 38.4 Å². The van der Waals surface area contributed by atoms with Crippen molar-refractivity contribution in [3.63, 3.8) is 0 Å². The Hall–Kier alpha value is -1.14. The van der Waals surface area contributed by atoms with Gasteiger partial charge in [0, 0.05) is 31.6 Å². The maximum atomic E-state index is 13.2. The van der Waals surface area contributed by atoms with Gasteiger partial charge < -0.3 is 10.1 Å². The molecular formula is C15H21F3N2O. The molecule has 0 aliphatic carbocycles. The molecule has 1 aromatic heterocycles. The van der Waals surface area contributed by atoms with E-state index in [0.29, 0.717) is 32.1 Å². The summed E-state index contributed by atoms with van der Waals surface area (Å²) in [6.07, 6.45) is 0.615. The highest BCUT2D eigenvalue weighted by atomic mass is 19.4. The fourth-order valence-electron chi connectivity index (χ4n) is 2.68. The van der Waals surface area contributed by atoms with Crippen molar-refractivity contribution in [1.82, 2.24) is 10.3 Å². The van der Waals surface area contributed by atoms with Crippen molar-refractivity contribution in [1.29, 1.82) is 0 Å². The van der Waals surface area contributed by atoms with E-state index in [1.54, 1.807) is 0 Å². The Morgan fingerprint density at radius 1 is 1.48 bits per heavy atom. The van der Waals surface area contributed by atoms with Gasteiger partial charge in [-0.2, -0.15) is 13.2 Å². The first-order valence-electron chi connectivity index (χ1n) is 7.34. The molecule has 3 nitrogen and oxygen atoms in total. The molecule has 1 saturated heterocycles. The Balaban J connectivity index is 2.22. The zero-order valence-corrected chi connectivity index (χ0v) is 12.1. The lowest BCUT2D eigenvalue weighted by Crippen LogP contribution is -2.27. The number of alkyl halides is 3. The SMILES string of the molecule is CCCNC(CC1CCOC1)c1cnccc1C(F)(F)F. The summed E-state index contributed by atoms with van der Waals surface area (Å²) >= 11 is 0. The van der Waals surface area contributed by atoms with E-state index in [1.165, 1.54) is 12.4 Å². The van der Waals surface area contributed by atoms with Gasteiger partial charge in [-0.3, -0.25) is 4.98 Å². The number of halogens is 3. The summed E-state index contributed by atoms with van der Waals surface area (Å²) in [5.74, 6) is 0.306. The summed E-state index contributed by atoms with van der Waals surface area (Å²) in [4.78, 5) is 3.89. The second-order valence-corrected chi connectivity index (χ2v) is 5.43. The summed E-state index contributed by atoms with van der Waals surface area (Å²) in [6.45, 7) is 4.01. The van der Waals surface area contributed by atoms with Crippen molar-refractivity contribution in [3.05, 3.63) is 29.6 Å². The van der Waals surface area contributed by atoms with E-state index in [2.05, 4.69) is 10.3 Å². The first-order valence-corrected chi connectivity index (χ1v) is 7.34. The highest BCUT2D eigenvalue weighted by Crippen LogP contribution is 2.36. The molecule has 21 heavy (non-hydrogen) atoms. The number of ether oxygens (including phenoxy) is 1. The minimum Gasteiger partial charge on any atom is -0.381 e. The van der Waals surface area contributed by atoms with E-state index in [0.717, 1.165) is 18.9 Å². The molecule has 2 unspecified atom stereocenters. The highest BCUT2D eigenvalue weighted by Gasteiger charge is 2.36. The Kier molecular flexibility index (Phi) is 5.58. The van der Waals surface area contributed by atoms with Gasteiger partial charge in [0.2, 0.25) is 0 Å². The second-order valence-electron chi connectivity index (χ2n) is 5.43. The molecule has 118 valence electrons. The molecular weight excluding hydrogens is 281 g/mol. The fraction of sp³-hybridized carbons (Fsp3) is 0.667. The van der Waals surface area contributed by atoms with Crippen LogP contribution in [0.5, 0.6) is 0 Å². The molecule has 2 heterocycles. The van der Waals surface area contributed by atoms with Crippen molar-refractivity contribution < 1.29 is 17.9 Å². The van der Waals surface area contributed by atoms with Crippen LogP contribution in [0.15, 0.2) is 18.5 Å². The molecule has 6 heteroatoms. The van der Waals surface area contributed by atoms with E-state index in [9.17, 15) is 13.2 Å². The Morgan fingerprint density at radius 2 is 2.29 bits per heavy atom. The van der Waals surface area contributed by atoms with Crippen LogP contribution in [0.4, 0.5) is 13.2 Å². The van der Waals surface area contributed by atoms with Gasteiger partial charge in [-0.05, 0) is 43.4 Å². The highest BCUT2D eigenvalue weighted by molar-refractivity contribution is 5.29. The monoisotopic (exact) mass is 302 g/mol. The number of hydrogen-bond acceptors (Lipinski definition) is 3. The van der Waals surface area contributed by atoms with Crippen LogP contribution in [-0.2, 0) is 10.9 Å². The van der Waals surface area contributed by atoms with Crippen molar-refractivity contribution in [2.24, 2.45) is 5.92 Å². The molecule has 1 aromatic rings. The molecule has 1 aliphatic rings. The molecule has 0 bridgehead atoms. The average Bonchev–Trinajstić information content (AvgIpc) is 2.95. The van der Waals surface area contributed by atoms with Gasteiger partial charge >= 0.3 is 6.18 Å². The third kappa shape index (κ3) is 4.41. The zero-order chi connectivity index (χ0) is 15.3. The van der Waals surface area contributed by atoms with Crippen LogP contribution in [0.25, 0.3) is 0 Å². The Morgan fingerprint density at radius 3 is 2.90 bits per heavy atom. The predicted molar refractivity (Wildman–Crippen MR) is 73.8 cm³/mol. The van der Waals surface area contributed by atoms with Crippen LogP contribution < -0.4 is 5.32 Å². The predicted octanol–water partition coefficient (Wildman–Crippen LogP) is 3.57. The number of pyridine rings is 1. The Labute approximate surface area is 122 Å². The first kappa shape index (κ1) is 16.2. The summed E-state index contributed by atoms with van der Waals surface area (Å²) in [6, 6.07) is 0.725. The maximum Gasteiger partial charge on any atom is 0.416 e. The molecule has 0 spiro atoms. The van der Waals surface area contributed by atoms with Gasteiger partial charge in [0.1, 0.15) is 0 Å². The van der Waals surface area contributed by atoms with Crippen LogP contribution in [0.3, 0.4) is 0 Å². The van der Waals surface area contributed by atoms with Gasteiger partial charge in [-0.1, -0.05) is 6.92 Å². The largest absolute Gasteiger partial charge is 0.416 e. The third-order valence-electron chi connectivity index (χ3n) is 3.77. The van der Waals surface area contributed by atoms with E-state index < -0.39 is 11.7 Å². The molecule has 2 rings (SSSR count). The minimum absolute atomic E-state index is 0.241. The van der Waals surface area contributed by atoms with Crippen LogP contribution >= 0.6 is 0 Å². The lowest BCUT2D eigenvalue weighted by atomic mass is 9.92. The summed E-state index contributed by atoms with van der Waals surface area (Å²) < 4.78 is 44.8. The molecule has 1 fully saturated rings. The number of nitrogens with one attached hydrogen (secondary N) is 1. The van der Waals surface area contributed by atoms with Crippen LogP contribution in [0.1, 0.15) is 43.4 Å². The molecule has 1 N–H and O–H groups in total.